The molecule has 6 heteroatoms. The van der Waals surface area contributed by atoms with Gasteiger partial charge in [-0.15, -0.1) is 0 Å². The molecule has 0 bridgehead atoms. The molecule has 28 heavy (non-hydrogen) atoms. The van der Waals surface area contributed by atoms with E-state index in [0.717, 1.165) is 62.1 Å². The molecule has 6 nitrogen and oxygen atoms in total. The third kappa shape index (κ3) is 5.53. The van der Waals surface area contributed by atoms with E-state index in [2.05, 4.69) is 38.3 Å². The number of anilines is 1. The number of hydrogen-bond donors (Lipinski definition) is 2. The number of benzene rings is 1. The molecule has 1 saturated heterocycles. The molecule has 156 valence electrons. The van der Waals surface area contributed by atoms with Crippen LogP contribution in [0.15, 0.2) is 23.2 Å². The molecule has 2 aliphatic heterocycles. The van der Waals surface area contributed by atoms with Crippen LogP contribution in [0.1, 0.15) is 47.0 Å². The standard InChI is InChI=1S/C22H35N3O3/c1-5-23-21(24-15-16-8-6-11-28-20(16)22(2,3)4)25-17-9-10-18-19(14-17)27-13-7-12-26-18/h9-10,14,16,20H,5-8,11-13,15H2,1-4H3,(H2,23,24,25). The van der Waals surface area contributed by atoms with E-state index in [-0.39, 0.29) is 11.5 Å². The van der Waals surface area contributed by atoms with Crippen molar-refractivity contribution in [3.8, 4) is 11.5 Å². The highest BCUT2D eigenvalue weighted by molar-refractivity contribution is 5.93. The van der Waals surface area contributed by atoms with E-state index < -0.39 is 0 Å². The maximum Gasteiger partial charge on any atom is 0.195 e. The average Bonchev–Trinajstić information content (AvgIpc) is 2.91. The molecule has 2 N–H and O–H groups in total. The Hall–Kier alpha value is -1.95. The molecule has 2 aliphatic rings. The maximum absolute atomic E-state index is 6.10. The molecule has 0 spiro atoms. The van der Waals surface area contributed by atoms with Crippen molar-refractivity contribution >= 4 is 11.6 Å². The lowest BCUT2D eigenvalue weighted by atomic mass is 9.78. The van der Waals surface area contributed by atoms with Crippen LogP contribution < -0.4 is 20.1 Å². The predicted octanol–water partition coefficient (Wildman–Crippen LogP) is 4.07. The van der Waals surface area contributed by atoms with Crippen molar-refractivity contribution < 1.29 is 14.2 Å². The monoisotopic (exact) mass is 389 g/mol. The molecule has 0 saturated carbocycles. The van der Waals surface area contributed by atoms with Crippen molar-refractivity contribution in [2.24, 2.45) is 16.3 Å². The van der Waals surface area contributed by atoms with Gasteiger partial charge in [-0.05, 0) is 37.3 Å². The highest BCUT2D eigenvalue weighted by Gasteiger charge is 2.35. The van der Waals surface area contributed by atoms with E-state index >= 15 is 0 Å². The first-order valence-corrected chi connectivity index (χ1v) is 10.5. The van der Waals surface area contributed by atoms with Gasteiger partial charge in [0.1, 0.15) is 0 Å². The molecule has 0 aromatic heterocycles. The van der Waals surface area contributed by atoms with Gasteiger partial charge in [0.15, 0.2) is 17.5 Å². The number of aliphatic imine (C=N–C) groups is 1. The first-order chi connectivity index (χ1) is 13.5. The number of rotatable bonds is 4. The molecule has 2 heterocycles. The average molecular weight is 390 g/mol. The zero-order valence-corrected chi connectivity index (χ0v) is 17.7. The van der Waals surface area contributed by atoms with Crippen LogP contribution in [0.4, 0.5) is 5.69 Å². The summed E-state index contributed by atoms with van der Waals surface area (Å²) in [6, 6.07) is 5.94. The molecule has 1 aromatic rings. The highest BCUT2D eigenvalue weighted by Crippen LogP contribution is 2.34. The van der Waals surface area contributed by atoms with Crippen molar-refractivity contribution in [2.75, 3.05) is 38.2 Å². The lowest BCUT2D eigenvalue weighted by molar-refractivity contribution is -0.0823. The normalized spacial score (nSPS) is 23.1. The van der Waals surface area contributed by atoms with Crippen LogP contribution in [0.2, 0.25) is 0 Å². The Kier molecular flexibility index (Phi) is 7.05. The summed E-state index contributed by atoms with van der Waals surface area (Å²) in [5, 5.41) is 6.75. The van der Waals surface area contributed by atoms with E-state index in [0.29, 0.717) is 19.1 Å². The summed E-state index contributed by atoms with van der Waals surface area (Å²) in [5.41, 5.74) is 1.07. The molecule has 0 amide bonds. The lowest BCUT2D eigenvalue weighted by Gasteiger charge is -2.39. The smallest absolute Gasteiger partial charge is 0.195 e. The Morgan fingerprint density at radius 3 is 2.64 bits per heavy atom. The summed E-state index contributed by atoms with van der Waals surface area (Å²) >= 11 is 0. The number of guanidine groups is 1. The van der Waals surface area contributed by atoms with E-state index in [1.54, 1.807) is 0 Å². The molecule has 2 unspecified atom stereocenters. The van der Waals surface area contributed by atoms with Crippen LogP contribution in [-0.4, -0.2) is 45.0 Å². The second kappa shape index (κ2) is 9.50. The minimum Gasteiger partial charge on any atom is -0.490 e. The summed E-state index contributed by atoms with van der Waals surface area (Å²) in [7, 11) is 0. The quantitative estimate of drug-likeness (QED) is 0.600. The van der Waals surface area contributed by atoms with Crippen molar-refractivity contribution in [1.29, 1.82) is 0 Å². The first-order valence-electron chi connectivity index (χ1n) is 10.5. The first kappa shape index (κ1) is 20.8. The molecule has 0 aliphatic carbocycles. The largest absolute Gasteiger partial charge is 0.490 e. The van der Waals surface area contributed by atoms with Crippen LogP contribution in [0.25, 0.3) is 0 Å². The maximum atomic E-state index is 6.10. The summed E-state index contributed by atoms with van der Waals surface area (Å²) in [5.74, 6) is 2.81. The summed E-state index contributed by atoms with van der Waals surface area (Å²) in [6.45, 7) is 12.6. The van der Waals surface area contributed by atoms with Gasteiger partial charge in [0.2, 0.25) is 0 Å². The second-order valence-corrected chi connectivity index (χ2v) is 8.62. The summed E-state index contributed by atoms with van der Waals surface area (Å²) < 4.78 is 17.6. The number of hydrogen-bond acceptors (Lipinski definition) is 4. The topological polar surface area (TPSA) is 64.1 Å². The van der Waals surface area contributed by atoms with Gasteiger partial charge in [0.05, 0.1) is 19.3 Å². The Bertz CT molecular complexity index is 669. The lowest BCUT2D eigenvalue weighted by Crippen LogP contribution is -2.42. The third-order valence-corrected chi connectivity index (χ3v) is 5.14. The third-order valence-electron chi connectivity index (χ3n) is 5.14. The van der Waals surface area contributed by atoms with Crippen LogP contribution in [-0.2, 0) is 4.74 Å². The van der Waals surface area contributed by atoms with Crippen LogP contribution in [0.5, 0.6) is 11.5 Å². The number of nitrogens with zero attached hydrogens (tertiary/aromatic N) is 1. The molecular formula is C22H35N3O3. The van der Waals surface area contributed by atoms with Gasteiger partial charge >= 0.3 is 0 Å². The molecule has 1 fully saturated rings. The highest BCUT2D eigenvalue weighted by atomic mass is 16.5. The zero-order chi connectivity index (χ0) is 20.0. The van der Waals surface area contributed by atoms with Crippen molar-refractivity contribution in [1.82, 2.24) is 5.32 Å². The SMILES string of the molecule is CCNC(=NCC1CCCOC1C(C)(C)C)Nc1ccc2c(c1)OCCCO2. The number of fused-ring (bicyclic) bond motifs is 1. The van der Waals surface area contributed by atoms with Crippen molar-refractivity contribution in [3.63, 3.8) is 0 Å². The summed E-state index contributed by atoms with van der Waals surface area (Å²) in [4.78, 5) is 4.87. The Morgan fingerprint density at radius 1 is 1.11 bits per heavy atom. The van der Waals surface area contributed by atoms with Gasteiger partial charge in [-0.25, -0.2) is 0 Å². The Labute approximate surface area is 169 Å². The van der Waals surface area contributed by atoms with E-state index in [1.807, 2.05) is 18.2 Å². The fraction of sp³-hybridized carbons (Fsp3) is 0.682. The van der Waals surface area contributed by atoms with Gasteiger partial charge in [-0.2, -0.15) is 0 Å². The molecule has 2 atom stereocenters. The predicted molar refractivity (Wildman–Crippen MR) is 114 cm³/mol. The van der Waals surface area contributed by atoms with Crippen molar-refractivity contribution in [2.45, 2.75) is 53.1 Å². The number of nitrogens with one attached hydrogen (secondary N) is 2. The minimum absolute atomic E-state index is 0.126. The van der Waals surface area contributed by atoms with Gasteiger partial charge in [0.25, 0.3) is 0 Å². The van der Waals surface area contributed by atoms with Crippen LogP contribution in [0.3, 0.4) is 0 Å². The van der Waals surface area contributed by atoms with E-state index in [4.69, 9.17) is 19.2 Å². The molecule has 1 aromatic carbocycles. The molecule has 3 rings (SSSR count). The Morgan fingerprint density at radius 2 is 1.89 bits per heavy atom. The van der Waals surface area contributed by atoms with Crippen LogP contribution >= 0.6 is 0 Å². The Balaban J connectivity index is 1.69. The van der Waals surface area contributed by atoms with Crippen LogP contribution in [0, 0.1) is 11.3 Å². The molecular weight excluding hydrogens is 354 g/mol. The van der Waals surface area contributed by atoms with Gasteiger partial charge in [0, 0.05) is 43.8 Å². The minimum atomic E-state index is 0.126. The zero-order valence-electron chi connectivity index (χ0n) is 17.7. The van der Waals surface area contributed by atoms with Crippen molar-refractivity contribution in [3.05, 3.63) is 18.2 Å². The van der Waals surface area contributed by atoms with Gasteiger partial charge in [-0.1, -0.05) is 20.8 Å². The second-order valence-electron chi connectivity index (χ2n) is 8.62. The fourth-order valence-corrected chi connectivity index (χ4v) is 3.88. The van der Waals surface area contributed by atoms with E-state index in [1.165, 1.54) is 0 Å². The van der Waals surface area contributed by atoms with Gasteiger partial charge in [-0.3, -0.25) is 4.99 Å². The van der Waals surface area contributed by atoms with Gasteiger partial charge < -0.3 is 24.8 Å². The molecule has 0 radical (unpaired) electrons. The number of ether oxygens (including phenoxy) is 3. The fourth-order valence-electron chi connectivity index (χ4n) is 3.88. The summed E-state index contributed by atoms with van der Waals surface area (Å²) in [6.07, 6.45) is 3.42. The van der Waals surface area contributed by atoms with E-state index in [9.17, 15) is 0 Å².